The molecule has 0 fully saturated rings. The van der Waals surface area contributed by atoms with E-state index in [1.165, 1.54) is 19.2 Å². The molecule has 0 bridgehead atoms. The van der Waals surface area contributed by atoms with Gasteiger partial charge in [-0.1, -0.05) is 26.7 Å². The van der Waals surface area contributed by atoms with Gasteiger partial charge in [-0.3, -0.25) is 9.59 Å². The number of nitrogens with one attached hydrogen (secondary N) is 2. The summed E-state index contributed by atoms with van der Waals surface area (Å²) in [5, 5.41) is 31.3. The molecular formula is C21H35BFN5O7. The Morgan fingerprint density at radius 3 is 2.51 bits per heavy atom. The van der Waals surface area contributed by atoms with Crippen LogP contribution in [0.2, 0.25) is 0 Å². The van der Waals surface area contributed by atoms with E-state index in [2.05, 4.69) is 10.3 Å². The van der Waals surface area contributed by atoms with Gasteiger partial charge < -0.3 is 25.8 Å². The summed E-state index contributed by atoms with van der Waals surface area (Å²) in [6.45, 7) is 3.74. The van der Waals surface area contributed by atoms with Gasteiger partial charge in [-0.25, -0.2) is 19.5 Å². The summed E-state index contributed by atoms with van der Waals surface area (Å²) in [6, 6.07) is 3.70. The number of nitro groups is 1. The van der Waals surface area contributed by atoms with Crippen LogP contribution in [0.4, 0.5) is 4.39 Å². The molecule has 2 atom stereocenters. The molecule has 0 aliphatic rings. The van der Waals surface area contributed by atoms with Crippen molar-refractivity contribution in [2.24, 2.45) is 22.6 Å². The standard InChI is InChI=1S/C20H31BFN5O7.CH4/c1-12(2)9-18(21(30)31)25-19(29)14(5-4-8-24-20(23)26-27(32)33)11-16(28)13-6-7-17(34-3)15(22)10-13;/h6-7,10,12,14,18,30-31H,4-5,8-9,11H2,1-3H3,(H,25,29)(H3,23,24,26);1H4/t14-,18+;/m1./s1. The van der Waals surface area contributed by atoms with Crippen molar-refractivity contribution >= 4 is 24.8 Å². The lowest BCUT2D eigenvalue weighted by Gasteiger charge is -2.23. The number of carbonyl (C=O) groups is 2. The van der Waals surface area contributed by atoms with Crippen LogP contribution < -0.4 is 21.2 Å². The zero-order chi connectivity index (χ0) is 25.8. The Morgan fingerprint density at radius 1 is 1.34 bits per heavy atom. The smallest absolute Gasteiger partial charge is 0.475 e. The Morgan fingerprint density at radius 2 is 2.00 bits per heavy atom. The summed E-state index contributed by atoms with van der Waals surface area (Å²) in [7, 11) is -0.504. The number of Topliss-reactive ketones (excluding diaryl/α,β-unsaturated/α-hetero) is 1. The van der Waals surface area contributed by atoms with Gasteiger partial charge in [0.15, 0.2) is 22.4 Å². The molecule has 1 rings (SSSR count). The number of guanidine groups is 1. The minimum atomic E-state index is -1.80. The number of hydrazine groups is 1. The molecule has 35 heavy (non-hydrogen) atoms. The maximum Gasteiger partial charge on any atom is 0.475 e. The monoisotopic (exact) mass is 499 g/mol. The SMILES string of the molecule is C.COc1ccc(C(=O)C[C@@H](CCCN=C(N)N[N+](=O)[O-])C(=O)N[C@@H](CC(C)C)B(O)O)cc1F. The van der Waals surface area contributed by atoms with Crippen molar-refractivity contribution in [3.05, 3.63) is 39.7 Å². The fourth-order valence-electron chi connectivity index (χ4n) is 3.24. The van der Waals surface area contributed by atoms with E-state index in [4.69, 9.17) is 10.5 Å². The van der Waals surface area contributed by atoms with Crippen LogP contribution in [0.1, 0.15) is 57.3 Å². The Bertz CT molecular complexity index is 886. The Labute approximate surface area is 204 Å². The molecule has 196 valence electrons. The highest BCUT2D eigenvalue weighted by Crippen LogP contribution is 2.22. The molecule has 0 aromatic heterocycles. The van der Waals surface area contributed by atoms with Crippen LogP contribution in [0, 0.1) is 27.8 Å². The van der Waals surface area contributed by atoms with Crippen LogP contribution in [0.15, 0.2) is 23.2 Å². The molecule has 0 saturated carbocycles. The highest BCUT2D eigenvalue weighted by molar-refractivity contribution is 6.43. The first-order valence-corrected chi connectivity index (χ1v) is 10.7. The van der Waals surface area contributed by atoms with Gasteiger partial charge in [0.05, 0.1) is 13.1 Å². The summed E-state index contributed by atoms with van der Waals surface area (Å²) < 4.78 is 18.8. The topological polar surface area (TPSA) is 189 Å². The molecule has 0 spiro atoms. The molecule has 0 heterocycles. The molecule has 0 aliphatic carbocycles. The van der Waals surface area contributed by atoms with E-state index >= 15 is 0 Å². The number of nitrogens with two attached hydrogens (primary N) is 1. The lowest BCUT2D eigenvalue weighted by atomic mass is 9.74. The second kappa shape index (κ2) is 15.6. The lowest BCUT2D eigenvalue weighted by molar-refractivity contribution is -0.525. The molecule has 0 saturated heterocycles. The number of hydrogen-bond acceptors (Lipinski definition) is 8. The van der Waals surface area contributed by atoms with Gasteiger partial charge in [0.2, 0.25) is 5.91 Å². The molecule has 14 heteroatoms. The Balaban J connectivity index is 0.0000116. The van der Waals surface area contributed by atoms with E-state index in [9.17, 15) is 34.1 Å². The van der Waals surface area contributed by atoms with Gasteiger partial charge in [-0.2, -0.15) is 0 Å². The molecule has 12 nitrogen and oxygen atoms in total. The number of ether oxygens (including phenoxy) is 1. The summed E-state index contributed by atoms with van der Waals surface area (Å²) >= 11 is 0. The van der Waals surface area contributed by atoms with E-state index < -0.39 is 47.5 Å². The third kappa shape index (κ3) is 11.6. The fourth-order valence-corrected chi connectivity index (χ4v) is 3.24. The van der Waals surface area contributed by atoms with E-state index in [1.54, 1.807) is 5.43 Å². The molecular weight excluding hydrogens is 464 g/mol. The van der Waals surface area contributed by atoms with Crippen molar-refractivity contribution < 1.29 is 33.8 Å². The number of hydrogen-bond donors (Lipinski definition) is 5. The van der Waals surface area contributed by atoms with Gasteiger partial charge in [-0.05, 0) is 43.4 Å². The molecule has 1 aromatic carbocycles. The van der Waals surface area contributed by atoms with Gasteiger partial charge in [0.25, 0.3) is 5.96 Å². The van der Waals surface area contributed by atoms with Crippen LogP contribution in [0.3, 0.4) is 0 Å². The van der Waals surface area contributed by atoms with Crippen molar-refractivity contribution in [3.63, 3.8) is 0 Å². The van der Waals surface area contributed by atoms with Crippen molar-refractivity contribution in [2.45, 2.75) is 52.9 Å². The largest absolute Gasteiger partial charge is 0.494 e. The number of benzene rings is 1. The zero-order valence-corrected chi connectivity index (χ0v) is 19.4. The Kier molecular flexibility index (Phi) is 14.2. The first kappa shape index (κ1) is 31.7. The summed E-state index contributed by atoms with van der Waals surface area (Å²) in [6.07, 6.45) is 0.404. The molecule has 1 amide bonds. The van der Waals surface area contributed by atoms with E-state index in [0.717, 1.165) is 6.07 Å². The first-order chi connectivity index (χ1) is 15.9. The number of halogens is 1. The highest BCUT2D eigenvalue weighted by atomic mass is 19.1. The number of nitrogens with zero attached hydrogens (tertiary/aromatic N) is 2. The lowest BCUT2D eigenvalue weighted by Crippen LogP contribution is -2.49. The Hall–Kier alpha value is -3.26. The predicted molar refractivity (Wildman–Crippen MR) is 130 cm³/mol. The number of amides is 1. The highest BCUT2D eigenvalue weighted by Gasteiger charge is 2.30. The summed E-state index contributed by atoms with van der Waals surface area (Å²) in [5.74, 6) is -4.02. The molecule has 6 N–H and O–H groups in total. The summed E-state index contributed by atoms with van der Waals surface area (Å²) in [4.78, 5) is 39.8. The van der Waals surface area contributed by atoms with Gasteiger partial charge in [0.1, 0.15) is 0 Å². The number of carbonyl (C=O) groups excluding carboxylic acids is 2. The second-order valence-electron chi connectivity index (χ2n) is 8.11. The van der Waals surface area contributed by atoms with Crippen molar-refractivity contribution in [3.8, 4) is 5.75 Å². The third-order valence-electron chi connectivity index (χ3n) is 4.89. The van der Waals surface area contributed by atoms with Crippen LogP contribution in [0.5, 0.6) is 5.75 Å². The maximum atomic E-state index is 14.0. The maximum absolute atomic E-state index is 14.0. The van der Waals surface area contributed by atoms with E-state index in [-0.39, 0.29) is 50.5 Å². The van der Waals surface area contributed by atoms with Gasteiger partial charge in [-0.15, -0.1) is 0 Å². The van der Waals surface area contributed by atoms with E-state index in [1.807, 2.05) is 13.8 Å². The summed E-state index contributed by atoms with van der Waals surface area (Å²) in [5.41, 5.74) is 7.10. The molecule has 0 unspecified atom stereocenters. The quantitative estimate of drug-likeness (QED) is 0.0474. The molecule has 0 radical (unpaired) electrons. The van der Waals surface area contributed by atoms with Gasteiger partial charge in [0, 0.05) is 24.4 Å². The van der Waals surface area contributed by atoms with E-state index in [0.29, 0.717) is 6.42 Å². The first-order valence-electron chi connectivity index (χ1n) is 10.7. The normalized spacial score (nSPS) is 12.8. The minimum absolute atomic E-state index is 0. The minimum Gasteiger partial charge on any atom is -0.494 e. The van der Waals surface area contributed by atoms with Crippen LogP contribution >= 0.6 is 0 Å². The number of methoxy groups -OCH3 is 1. The average Bonchev–Trinajstić information content (AvgIpc) is 2.74. The zero-order valence-electron chi connectivity index (χ0n) is 19.4. The van der Waals surface area contributed by atoms with Gasteiger partial charge >= 0.3 is 7.12 Å². The number of rotatable bonds is 14. The third-order valence-corrected chi connectivity index (χ3v) is 4.89. The molecule has 0 aliphatic heterocycles. The van der Waals surface area contributed by atoms with Crippen LogP contribution in [0.25, 0.3) is 0 Å². The predicted octanol–water partition coefficient (Wildman–Crippen LogP) is 1.08. The average molecular weight is 499 g/mol. The van der Waals surface area contributed by atoms with Crippen molar-refractivity contribution in [2.75, 3.05) is 13.7 Å². The number of aliphatic imine (C=N–C) groups is 1. The van der Waals surface area contributed by atoms with Crippen molar-refractivity contribution in [1.29, 1.82) is 0 Å². The van der Waals surface area contributed by atoms with Crippen molar-refractivity contribution in [1.82, 2.24) is 10.7 Å². The van der Waals surface area contributed by atoms with Crippen LogP contribution in [-0.4, -0.2) is 59.4 Å². The number of ketones is 1. The fraction of sp³-hybridized carbons (Fsp3) is 0.571. The van der Waals surface area contributed by atoms with Crippen LogP contribution in [-0.2, 0) is 4.79 Å². The second-order valence-corrected chi connectivity index (χ2v) is 8.11. The molecule has 1 aromatic rings.